The molecule has 14 nitrogen and oxygen atoms in total. The molecule has 50 heavy (non-hydrogen) atoms. The van der Waals surface area contributed by atoms with E-state index in [0.717, 1.165) is 58.3 Å². The fourth-order valence-electron chi connectivity index (χ4n) is 6.03. The molecule has 1 aliphatic heterocycles. The minimum Gasteiger partial charge on any atom is -0.506 e. The van der Waals surface area contributed by atoms with E-state index in [4.69, 9.17) is 50.0 Å². The zero-order chi connectivity index (χ0) is 35.1. The molecule has 0 amide bonds. The summed E-state index contributed by atoms with van der Waals surface area (Å²) in [5.74, 6) is 1.59. The van der Waals surface area contributed by atoms with Crippen molar-refractivity contribution in [1.82, 2.24) is 15.0 Å². The van der Waals surface area contributed by atoms with Crippen molar-refractivity contribution >= 4 is 35.1 Å². The van der Waals surface area contributed by atoms with Crippen molar-refractivity contribution in [3.8, 4) is 5.75 Å². The Hall–Kier alpha value is -2.56. The van der Waals surface area contributed by atoms with Gasteiger partial charge < -0.3 is 54.4 Å². The van der Waals surface area contributed by atoms with E-state index in [-0.39, 0.29) is 10.8 Å². The average Bonchev–Trinajstić information content (AvgIpc) is 3.38. The smallest absolute Gasteiger partial charge is 0.233 e. The highest BCUT2D eigenvalue weighted by Gasteiger charge is 2.23. The predicted octanol–water partition coefficient (Wildman–Crippen LogP) is 3.69. The number of aromatic nitrogens is 3. The number of phenols is 1. The second-order valence-electron chi connectivity index (χ2n) is 12.8. The van der Waals surface area contributed by atoms with E-state index in [2.05, 4.69) is 20.9 Å². The zero-order valence-corrected chi connectivity index (χ0v) is 30.5. The highest BCUT2D eigenvalue weighted by atomic mass is 35.5. The molecule has 2 aromatic rings. The number of hydrogen-bond acceptors (Lipinski definition) is 13. The van der Waals surface area contributed by atoms with Crippen LogP contribution in [0.5, 0.6) is 5.75 Å². The predicted molar refractivity (Wildman–Crippen MR) is 194 cm³/mol. The number of quaternary nitrogens is 1. The summed E-state index contributed by atoms with van der Waals surface area (Å²) in [6, 6.07) is 5.60. The molecule has 4 rings (SSSR count). The Balaban J connectivity index is 1.07. The number of aromatic hydroxyl groups is 1. The Morgan fingerprint density at radius 1 is 0.680 bits per heavy atom. The lowest BCUT2D eigenvalue weighted by Gasteiger charge is -2.30. The molecule has 0 atom stereocenters. The summed E-state index contributed by atoms with van der Waals surface area (Å²) >= 11 is 6.14. The van der Waals surface area contributed by atoms with Gasteiger partial charge >= 0.3 is 0 Å². The second-order valence-corrected chi connectivity index (χ2v) is 13.2. The fourth-order valence-corrected chi connectivity index (χ4v) is 6.21. The molecule has 5 N–H and O–H groups in total. The number of nitrogens with zero attached hydrogens (tertiary/aromatic N) is 3. The third-order valence-corrected chi connectivity index (χ3v) is 9.10. The normalized spacial score (nSPS) is 18.5. The Morgan fingerprint density at radius 2 is 1.18 bits per heavy atom. The quantitative estimate of drug-likeness (QED) is 0.0575. The summed E-state index contributed by atoms with van der Waals surface area (Å²) in [6.45, 7) is 9.63. The van der Waals surface area contributed by atoms with Crippen LogP contribution in [0.25, 0.3) is 0 Å². The van der Waals surface area contributed by atoms with Crippen molar-refractivity contribution in [2.75, 3.05) is 115 Å². The third kappa shape index (κ3) is 16.6. The highest BCUT2D eigenvalue weighted by Crippen LogP contribution is 2.28. The lowest BCUT2D eigenvalue weighted by molar-refractivity contribution is -0.905. The van der Waals surface area contributed by atoms with Gasteiger partial charge in [0.1, 0.15) is 5.75 Å². The molecular weight excluding hydrogens is 666 g/mol. The van der Waals surface area contributed by atoms with Gasteiger partial charge in [0.05, 0.1) is 97.3 Å². The zero-order valence-electron chi connectivity index (χ0n) is 29.8. The van der Waals surface area contributed by atoms with Gasteiger partial charge in [-0.15, -0.1) is 0 Å². The van der Waals surface area contributed by atoms with Crippen molar-refractivity contribution in [2.24, 2.45) is 0 Å². The van der Waals surface area contributed by atoms with E-state index < -0.39 is 0 Å². The number of phenolic OH excluding ortho intramolecular Hbond substituents is 1. The van der Waals surface area contributed by atoms with Crippen LogP contribution in [0.2, 0.25) is 5.02 Å². The van der Waals surface area contributed by atoms with Gasteiger partial charge in [0, 0.05) is 44.1 Å². The van der Waals surface area contributed by atoms with E-state index in [1.165, 1.54) is 25.7 Å². The van der Waals surface area contributed by atoms with Gasteiger partial charge in [0.25, 0.3) is 0 Å². The molecule has 2 fully saturated rings. The molecule has 1 aromatic heterocycles. The van der Waals surface area contributed by atoms with E-state index in [1.54, 1.807) is 30.2 Å². The number of anilines is 4. The van der Waals surface area contributed by atoms with E-state index in [0.29, 0.717) is 102 Å². The number of ether oxygens (including phenoxy) is 6. The van der Waals surface area contributed by atoms with Crippen molar-refractivity contribution in [2.45, 2.75) is 69.9 Å². The maximum atomic E-state index is 9.82. The van der Waals surface area contributed by atoms with Gasteiger partial charge in [-0.05, 0) is 31.0 Å². The van der Waals surface area contributed by atoms with Gasteiger partial charge in [-0.25, -0.2) is 0 Å². The lowest BCUT2D eigenvalue weighted by atomic mass is 10.1. The molecular formula is C35H59ClN7O7+. The van der Waals surface area contributed by atoms with E-state index >= 15 is 0 Å². The molecule has 1 aromatic carbocycles. The Morgan fingerprint density at radius 3 is 1.72 bits per heavy atom. The monoisotopic (exact) mass is 724 g/mol. The van der Waals surface area contributed by atoms with Crippen LogP contribution in [-0.4, -0.2) is 132 Å². The summed E-state index contributed by atoms with van der Waals surface area (Å²) < 4.78 is 32.6. The SMILES string of the molecule is COCCOCCOCCOCCOCCOCCC[NH+]1CCC(Nc2nc(Nc3ccc(O)c(Cl)c3)nc(NC3CCCCCC3)n2)CC1. The largest absolute Gasteiger partial charge is 0.506 e. The van der Waals surface area contributed by atoms with Gasteiger partial charge in [-0.3, -0.25) is 0 Å². The number of benzene rings is 1. The number of nitrogens with one attached hydrogen (secondary N) is 4. The van der Waals surface area contributed by atoms with Crippen molar-refractivity contribution in [1.29, 1.82) is 0 Å². The molecule has 282 valence electrons. The number of rotatable bonds is 25. The van der Waals surface area contributed by atoms with Crippen LogP contribution in [0.3, 0.4) is 0 Å². The van der Waals surface area contributed by atoms with Gasteiger partial charge in [-0.1, -0.05) is 37.3 Å². The summed E-state index contributed by atoms with van der Waals surface area (Å²) in [5.41, 5.74) is 0.693. The molecule has 2 aliphatic rings. The van der Waals surface area contributed by atoms with Gasteiger partial charge in [0.15, 0.2) is 0 Å². The molecule has 0 bridgehead atoms. The Kier molecular flexibility index (Phi) is 19.8. The first-order valence-electron chi connectivity index (χ1n) is 18.3. The maximum Gasteiger partial charge on any atom is 0.233 e. The number of piperidine rings is 1. The minimum atomic E-state index is 0.0322. The van der Waals surface area contributed by atoms with Gasteiger partial charge in [0.2, 0.25) is 17.8 Å². The molecule has 1 aliphatic carbocycles. The van der Waals surface area contributed by atoms with Crippen LogP contribution in [-0.2, 0) is 28.4 Å². The van der Waals surface area contributed by atoms with Crippen LogP contribution in [0.4, 0.5) is 23.5 Å². The van der Waals surface area contributed by atoms with E-state index in [9.17, 15) is 5.11 Å². The molecule has 15 heteroatoms. The number of likely N-dealkylation sites (tertiary alicyclic amines) is 1. The number of halogens is 1. The Labute approximate surface area is 302 Å². The van der Waals surface area contributed by atoms with Gasteiger partial charge in [-0.2, -0.15) is 15.0 Å². The summed E-state index contributed by atoms with van der Waals surface area (Å²) in [6.07, 6.45) is 10.3. The topological polar surface area (TPSA) is 155 Å². The lowest BCUT2D eigenvalue weighted by Crippen LogP contribution is -3.13. The average molecular weight is 725 g/mol. The molecule has 0 spiro atoms. The van der Waals surface area contributed by atoms with Crippen molar-refractivity contribution < 1.29 is 38.4 Å². The first kappa shape index (κ1) is 40.2. The van der Waals surface area contributed by atoms with Crippen molar-refractivity contribution in [3.63, 3.8) is 0 Å². The standard InChI is InChI=1S/C35H58ClN7O7/c1-45-17-18-47-21-22-49-25-26-50-24-23-48-20-19-46-16-6-13-43-14-11-29(12-15-43)38-34-40-33(37-28-7-4-2-3-5-8-28)41-35(42-34)39-30-9-10-32(44)31(36)27-30/h9-10,27-29,44H,2-8,11-26H2,1H3,(H3,37,38,39,40,41,42)/p+1. The molecule has 0 radical (unpaired) electrons. The Bertz CT molecular complexity index is 1190. The first-order chi connectivity index (χ1) is 24.6. The molecule has 1 saturated heterocycles. The molecule has 2 heterocycles. The van der Waals surface area contributed by atoms with Crippen LogP contribution in [0.15, 0.2) is 18.2 Å². The number of methoxy groups -OCH3 is 1. The van der Waals surface area contributed by atoms with Crippen LogP contribution >= 0.6 is 11.6 Å². The van der Waals surface area contributed by atoms with Crippen LogP contribution in [0, 0.1) is 0 Å². The van der Waals surface area contributed by atoms with Crippen molar-refractivity contribution in [3.05, 3.63) is 23.2 Å². The van der Waals surface area contributed by atoms with Crippen LogP contribution in [0.1, 0.15) is 57.8 Å². The van der Waals surface area contributed by atoms with Crippen LogP contribution < -0.4 is 20.9 Å². The second kappa shape index (κ2) is 24.6. The maximum absolute atomic E-state index is 9.82. The minimum absolute atomic E-state index is 0.0322. The summed E-state index contributed by atoms with van der Waals surface area (Å²) in [5, 5.41) is 20.5. The molecule has 1 saturated carbocycles. The number of hydrogen-bond donors (Lipinski definition) is 5. The molecule has 0 unspecified atom stereocenters. The first-order valence-corrected chi connectivity index (χ1v) is 18.7. The summed E-state index contributed by atoms with van der Waals surface area (Å²) in [4.78, 5) is 15.7. The third-order valence-electron chi connectivity index (χ3n) is 8.79. The summed E-state index contributed by atoms with van der Waals surface area (Å²) in [7, 11) is 1.65. The fraction of sp³-hybridized carbons (Fsp3) is 0.743. The van der Waals surface area contributed by atoms with E-state index in [1.807, 2.05) is 0 Å². The highest BCUT2D eigenvalue weighted by molar-refractivity contribution is 6.32.